The van der Waals surface area contributed by atoms with Crippen LogP contribution in [0.25, 0.3) is 0 Å². The van der Waals surface area contributed by atoms with Gasteiger partial charge in [-0.2, -0.15) is 0 Å². The fraction of sp³-hybridized carbons (Fsp3) is 0.263. The number of amides is 2. The van der Waals surface area contributed by atoms with Crippen molar-refractivity contribution in [1.29, 1.82) is 0 Å². The molecular formula is C19H19N3O5. The lowest BCUT2D eigenvalue weighted by Gasteiger charge is -2.20. The number of nitro benzene ring substituents is 1. The molecule has 8 nitrogen and oxygen atoms in total. The Morgan fingerprint density at radius 1 is 1.19 bits per heavy atom. The van der Waals surface area contributed by atoms with E-state index in [2.05, 4.69) is 5.32 Å². The summed E-state index contributed by atoms with van der Waals surface area (Å²) in [4.78, 5) is 37.1. The number of ether oxygens (including phenoxy) is 1. The lowest BCUT2D eigenvalue weighted by molar-refractivity contribution is -0.384. The number of carbonyl (C=O) groups is 2. The van der Waals surface area contributed by atoms with Crippen molar-refractivity contribution < 1.29 is 19.2 Å². The van der Waals surface area contributed by atoms with Gasteiger partial charge < -0.3 is 10.1 Å². The predicted octanol–water partition coefficient (Wildman–Crippen LogP) is 2.96. The van der Waals surface area contributed by atoms with Gasteiger partial charge in [0.15, 0.2) is 0 Å². The van der Waals surface area contributed by atoms with Gasteiger partial charge in [0.05, 0.1) is 29.8 Å². The summed E-state index contributed by atoms with van der Waals surface area (Å²) >= 11 is 0. The Labute approximate surface area is 155 Å². The molecule has 1 heterocycles. The number of anilines is 2. The summed E-state index contributed by atoms with van der Waals surface area (Å²) in [5.41, 5.74) is 2.39. The quantitative estimate of drug-likeness (QED) is 0.494. The highest BCUT2D eigenvalue weighted by Crippen LogP contribution is 2.34. The third kappa shape index (κ3) is 3.33. The molecule has 0 aromatic heterocycles. The van der Waals surface area contributed by atoms with Gasteiger partial charge in [-0.25, -0.2) is 4.90 Å². The largest absolute Gasteiger partial charge is 0.495 e. The lowest BCUT2D eigenvalue weighted by Crippen LogP contribution is -2.35. The van der Waals surface area contributed by atoms with Crippen molar-refractivity contribution in [3.63, 3.8) is 0 Å². The Kier molecular flexibility index (Phi) is 4.81. The zero-order chi connectivity index (χ0) is 19.7. The molecule has 0 unspecified atom stereocenters. The van der Waals surface area contributed by atoms with Crippen LogP contribution in [0.4, 0.5) is 17.1 Å². The molecule has 0 spiro atoms. The monoisotopic (exact) mass is 369 g/mol. The van der Waals surface area contributed by atoms with Crippen LogP contribution in [0.3, 0.4) is 0 Å². The highest BCUT2D eigenvalue weighted by molar-refractivity contribution is 6.23. The van der Waals surface area contributed by atoms with E-state index in [-0.39, 0.29) is 18.0 Å². The Hall–Kier alpha value is -3.42. The van der Waals surface area contributed by atoms with Crippen molar-refractivity contribution in [2.24, 2.45) is 0 Å². The summed E-state index contributed by atoms with van der Waals surface area (Å²) in [5.74, 6) is -0.364. The summed E-state index contributed by atoms with van der Waals surface area (Å²) in [7, 11) is 1.43. The molecule has 1 aliphatic rings. The molecule has 0 saturated carbocycles. The van der Waals surface area contributed by atoms with E-state index < -0.39 is 16.9 Å². The number of carbonyl (C=O) groups excluding carboxylic acids is 2. The van der Waals surface area contributed by atoms with Crippen LogP contribution in [0, 0.1) is 24.0 Å². The molecule has 140 valence electrons. The third-order valence-electron chi connectivity index (χ3n) is 4.53. The maximum absolute atomic E-state index is 12.9. The first-order valence-corrected chi connectivity index (χ1v) is 8.35. The van der Waals surface area contributed by atoms with Gasteiger partial charge in [-0.3, -0.25) is 19.7 Å². The Bertz CT molecular complexity index is 921. The topological polar surface area (TPSA) is 102 Å². The summed E-state index contributed by atoms with van der Waals surface area (Å²) < 4.78 is 5.21. The maximum atomic E-state index is 12.9. The second-order valence-electron chi connectivity index (χ2n) is 6.35. The molecule has 0 bridgehead atoms. The van der Waals surface area contributed by atoms with Gasteiger partial charge >= 0.3 is 0 Å². The normalized spacial score (nSPS) is 16.6. The molecule has 2 aromatic rings. The summed E-state index contributed by atoms with van der Waals surface area (Å²) in [5, 5.41) is 14.0. The number of aryl methyl sites for hydroxylation is 2. The minimum atomic E-state index is -0.826. The minimum absolute atomic E-state index is 0.0432. The van der Waals surface area contributed by atoms with E-state index in [1.165, 1.54) is 30.2 Å². The van der Waals surface area contributed by atoms with Crippen LogP contribution in [0.2, 0.25) is 0 Å². The standard InChI is InChI=1S/C19H19N3O5/c1-11-5-4-6-12(2)18(11)21-17(23)10-15(19(21)24)20-14-9-13(22(25)26)7-8-16(14)27-3/h4-9,15,20H,10H2,1-3H3/t15-/m0/s1. The van der Waals surface area contributed by atoms with Crippen molar-refractivity contribution in [3.8, 4) is 5.75 Å². The number of non-ortho nitro benzene ring substituents is 1. The number of nitro groups is 1. The molecule has 1 fully saturated rings. The van der Waals surface area contributed by atoms with Gasteiger partial charge in [0.2, 0.25) is 5.91 Å². The van der Waals surface area contributed by atoms with Crippen molar-refractivity contribution in [2.75, 3.05) is 17.3 Å². The first kappa shape index (κ1) is 18.4. The maximum Gasteiger partial charge on any atom is 0.271 e. The third-order valence-corrected chi connectivity index (χ3v) is 4.53. The lowest BCUT2D eigenvalue weighted by atomic mass is 10.1. The van der Waals surface area contributed by atoms with E-state index in [4.69, 9.17) is 4.74 Å². The van der Waals surface area contributed by atoms with E-state index >= 15 is 0 Å². The highest BCUT2D eigenvalue weighted by atomic mass is 16.6. The number of para-hydroxylation sites is 1. The number of hydrogen-bond donors (Lipinski definition) is 1. The molecule has 0 radical (unpaired) electrons. The van der Waals surface area contributed by atoms with E-state index in [1.807, 2.05) is 32.0 Å². The van der Waals surface area contributed by atoms with E-state index in [0.717, 1.165) is 11.1 Å². The van der Waals surface area contributed by atoms with Crippen molar-refractivity contribution in [2.45, 2.75) is 26.3 Å². The highest BCUT2D eigenvalue weighted by Gasteiger charge is 2.41. The fourth-order valence-corrected chi connectivity index (χ4v) is 3.25. The van der Waals surface area contributed by atoms with Crippen molar-refractivity contribution in [1.82, 2.24) is 0 Å². The van der Waals surface area contributed by atoms with Crippen LogP contribution in [-0.2, 0) is 9.59 Å². The summed E-state index contributed by atoms with van der Waals surface area (Å²) in [6.07, 6.45) is -0.0432. The summed E-state index contributed by atoms with van der Waals surface area (Å²) in [6.45, 7) is 3.68. The Balaban J connectivity index is 1.92. The average Bonchev–Trinajstić information content (AvgIpc) is 2.89. The molecule has 8 heteroatoms. The molecule has 0 aliphatic carbocycles. The van der Waals surface area contributed by atoms with Crippen LogP contribution < -0.4 is 15.0 Å². The zero-order valence-electron chi connectivity index (χ0n) is 15.2. The van der Waals surface area contributed by atoms with Crippen LogP contribution >= 0.6 is 0 Å². The van der Waals surface area contributed by atoms with Gasteiger partial charge in [0.1, 0.15) is 11.8 Å². The molecule has 3 rings (SSSR count). The van der Waals surface area contributed by atoms with E-state index in [1.54, 1.807) is 0 Å². The SMILES string of the molecule is COc1ccc([N+](=O)[O-])cc1N[C@H]1CC(=O)N(c2c(C)cccc2C)C1=O. The summed E-state index contributed by atoms with van der Waals surface area (Å²) in [6, 6.07) is 8.77. The number of benzene rings is 2. The molecule has 1 N–H and O–H groups in total. The average molecular weight is 369 g/mol. The zero-order valence-corrected chi connectivity index (χ0v) is 15.2. The number of rotatable bonds is 5. The number of methoxy groups -OCH3 is 1. The molecule has 2 amide bonds. The number of hydrogen-bond acceptors (Lipinski definition) is 6. The number of nitrogens with zero attached hydrogens (tertiary/aromatic N) is 2. The minimum Gasteiger partial charge on any atom is -0.495 e. The fourth-order valence-electron chi connectivity index (χ4n) is 3.25. The second kappa shape index (κ2) is 7.06. The Morgan fingerprint density at radius 3 is 2.44 bits per heavy atom. The molecule has 1 atom stereocenters. The van der Waals surface area contributed by atoms with Crippen LogP contribution in [0.1, 0.15) is 17.5 Å². The molecule has 2 aromatic carbocycles. The molecular weight excluding hydrogens is 350 g/mol. The first-order chi connectivity index (χ1) is 12.8. The van der Waals surface area contributed by atoms with Crippen molar-refractivity contribution in [3.05, 3.63) is 57.6 Å². The smallest absolute Gasteiger partial charge is 0.271 e. The van der Waals surface area contributed by atoms with E-state index in [9.17, 15) is 19.7 Å². The van der Waals surface area contributed by atoms with Gasteiger partial charge in [-0.1, -0.05) is 18.2 Å². The predicted molar refractivity (Wildman–Crippen MR) is 100 cm³/mol. The van der Waals surface area contributed by atoms with Gasteiger partial charge in [0.25, 0.3) is 11.6 Å². The van der Waals surface area contributed by atoms with Crippen LogP contribution in [0.15, 0.2) is 36.4 Å². The van der Waals surface area contributed by atoms with Crippen LogP contribution in [0.5, 0.6) is 5.75 Å². The Morgan fingerprint density at radius 2 is 1.85 bits per heavy atom. The molecule has 27 heavy (non-hydrogen) atoms. The molecule has 1 saturated heterocycles. The van der Waals surface area contributed by atoms with E-state index in [0.29, 0.717) is 17.1 Å². The van der Waals surface area contributed by atoms with Crippen molar-refractivity contribution >= 4 is 28.9 Å². The second-order valence-corrected chi connectivity index (χ2v) is 6.35. The van der Waals surface area contributed by atoms with Gasteiger partial charge in [0, 0.05) is 12.1 Å². The number of imide groups is 1. The first-order valence-electron chi connectivity index (χ1n) is 8.35. The molecule has 1 aliphatic heterocycles. The van der Waals surface area contributed by atoms with Gasteiger partial charge in [-0.15, -0.1) is 0 Å². The van der Waals surface area contributed by atoms with Gasteiger partial charge in [-0.05, 0) is 31.0 Å². The number of nitrogens with one attached hydrogen (secondary N) is 1. The van der Waals surface area contributed by atoms with Crippen LogP contribution in [-0.4, -0.2) is 29.9 Å².